The molecule has 2 N–H and O–H groups in total. The topological polar surface area (TPSA) is 56.8 Å². The molecule has 0 aromatic carbocycles. The van der Waals surface area contributed by atoms with Crippen LogP contribution >= 0.6 is 33.9 Å². The van der Waals surface area contributed by atoms with Gasteiger partial charge in [-0.25, -0.2) is 0 Å². The Morgan fingerprint density at radius 3 is 2.74 bits per heavy atom. The summed E-state index contributed by atoms with van der Waals surface area (Å²) in [6.07, 6.45) is 0. The minimum atomic E-state index is 0.466. The van der Waals surface area contributed by atoms with Crippen LogP contribution in [-0.4, -0.2) is 40.4 Å². The van der Waals surface area contributed by atoms with Crippen LogP contribution in [0.15, 0.2) is 11.4 Å². The Kier molecular flexibility index (Phi) is 3.77. The summed E-state index contributed by atoms with van der Waals surface area (Å²) in [7, 11) is 0. The number of aromatic amines is 1. The fourth-order valence-corrected chi connectivity index (χ4v) is 3.78. The summed E-state index contributed by atoms with van der Waals surface area (Å²) < 4.78 is 1.26. The molecule has 0 bridgehead atoms. The average molecular weight is 389 g/mol. The van der Waals surface area contributed by atoms with Crippen LogP contribution in [0.2, 0.25) is 0 Å². The molecule has 0 radical (unpaired) electrons. The summed E-state index contributed by atoms with van der Waals surface area (Å²) in [5, 5.41) is 13.0. The molecule has 19 heavy (non-hydrogen) atoms. The van der Waals surface area contributed by atoms with E-state index >= 15 is 0 Å². The quantitative estimate of drug-likeness (QED) is 0.775. The van der Waals surface area contributed by atoms with E-state index in [0.29, 0.717) is 12.1 Å². The molecule has 2 aromatic rings. The molecule has 1 saturated heterocycles. The van der Waals surface area contributed by atoms with E-state index in [9.17, 15) is 0 Å². The number of aromatic nitrogens is 3. The molecule has 3 rings (SSSR count). The second kappa shape index (κ2) is 5.37. The fraction of sp³-hybridized carbons (Fsp3) is 0.500. The number of hydrogen-bond acceptors (Lipinski definition) is 5. The van der Waals surface area contributed by atoms with Crippen molar-refractivity contribution in [2.24, 2.45) is 0 Å². The van der Waals surface area contributed by atoms with E-state index in [0.717, 1.165) is 30.4 Å². The largest absolute Gasteiger partial charge is 0.336 e. The first kappa shape index (κ1) is 13.3. The van der Waals surface area contributed by atoms with Gasteiger partial charge in [0, 0.05) is 36.1 Å². The molecule has 3 heterocycles. The first-order valence-electron chi connectivity index (χ1n) is 6.29. The van der Waals surface area contributed by atoms with Gasteiger partial charge < -0.3 is 10.2 Å². The van der Waals surface area contributed by atoms with Crippen molar-refractivity contribution < 1.29 is 0 Å². The lowest BCUT2D eigenvalue weighted by atomic mass is 10.1. The van der Waals surface area contributed by atoms with Crippen LogP contribution in [0.5, 0.6) is 0 Å². The number of thiophene rings is 1. The van der Waals surface area contributed by atoms with Gasteiger partial charge >= 0.3 is 0 Å². The van der Waals surface area contributed by atoms with Gasteiger partial charge in [0.15, 0.2) is 5.82 Å². The average Bonchev–Trinajstić information content (AvgIpc) is 2.95. The minimum absolute atomic E-state index is 0.466. The van der Waals surface area contributed by atoms with Crippen LogP contribution in [0.25, 0.3) is 11.4 Å². The summed E-state index contributed by atoms with van der Waals surface area (Å²) in [5.41, 5.74) is 1.12. The van der Waals surface area contributed by atoms with Gasteiger partial charge in [-0.15, -0.1) is 16.4 Å². The van der Waals surface area contributed by atoms with Crippen molar-refractivity contribution in [3.63, 3.8) is 0 Å². The second-order valence-electron chi connectivity index (χ2n) is 5.00. The van der Waals surface area contributed by atoms with Gasteiger partial charge in [-0.05, 0) is 42.5 Å². The third kappa shape index (κ3) is 2.92. The van der Waals surface area contributed by atoms with Crippen molar-refractivity contribution in [1.29, 1.82) is 0 Å². The Morgan fingerprint density at radius 1 is 1.37 bits per heavy atom. The SMILES string of the molecule is CC1CN(c2n[nH]c(-c3csc(I)c3)n2)CC(C)N1. The molecule has 0 saturated carbocycles. The summed E-state index contributed by atoms with van der Waals surface area (Å²) in [6, 6.07) is 3.05. The number of rotatable bonds is 2. The van der Waals surface area contributed by atoms with E-state index in [1.54, 1.807) is 11.3 Å². The van der Waals surface area contributed by atoms with E-state index < -0.39 is 0 Å². The Morgan fingerprint density at radius 2 is 2.11 bits per heavy atom. The van der Waals surface area contributed by atoms with Crippen molar-refractivity contribution in [3.8, 4) is 11.4 Å². The predicted molar refractivity (Wildman–Crippen MR) is 86.7 cm³/mol. The molecule has 2 unspecified atom stereocenters. The highest BCUT2D eigenvalue weighted by molar-refractivity contribution is 14.1. The molecule has 1 aliphatic heterocycles. The lowest BCUT2D eigenvalue weighted by Crippen LogP contribution is -2.54. The number of piperazine rings is 1. The zero-order valence-electron chi connectivity index (χ0n) is 10.9. The van der Waals surface area contributed by atoms with E-state index in [2.05, 4.69) is 73.3 Å². The van der Waals surface area contributed by atoms with Gasteiger partial charge in [-0.3, -0.25) is 5.10 Å². The molecule has 2 atom stereocenters. The first-order chi connectivity index (χ1) is 9.11. The van der Waals surface area contributed by atoms with Gasteiger partial charge in [-0.2, -0.15) is 4.98 Å². The fourth-order valence-electron chi connectivity index (χ4n) is 2.45. The lowest BCUT2D eigenvalue weighted by molar-refractivity contribution is 0.403. The van der Waals surface area contributed by atoms with Crippen LogP contribution in [0.1, 0.15) is 13.8 Å². The van der Waals surface area contributed by atoms with E-state index in [-0.39, 0.29) is 0 Å². The molecule has 5 nitrogen and oxygen atoms in total. The van der Waals surface area contributed by atoms with Crippen LogP contribution in [0.4, 0.5) is 5.95 Å². The summed E-state index contributed by atoms with van der Waals surface area (Å²) in [6.45, 7) is 6.28. The second-order valence-corrected chi connectivity index (χ2v) is 7.80. The highest BCUT2D eigenvalue weighted by Crippen LogP contribution is 2.25. The zero-order chi connectivity index (χ0) is 13.4. The highest BCUT2D eigenvalue weighted by atomic mass is 127. The molecule has 0 spiro atoms. The minimum Gasteiger partial charge on any atom is -0.336 e. The third-order valence-electron chi connectivity index (χ3n) is 3.15. The Hall–Kier alpha value is -0.670. The number of nitrogens with zero attached hydrogens (tertiary/aromatic N) is 3. The highest BCUT2D eigenvalue weighted by Gasteiger charge is 2.23. The van der Waals surface area contributed by atoms with Crippen LogP contribution in [0.3, 0.4) is 0 Å². The van der Waals surface area contributed by atoms with Crippen LogP contribution < -0.4 is 10.2 Å². The van der Waals surface area contributed by atoms with Crippen molar-refractivity contribution in [2.45, 2.75) is 25.9 Å². The van der Waals surface area contributed by atoms with E-state index in [1.165, 1.54) is 2.88 Å². The molecule has 1 fully saturated rings. The molecule has 0 amide bonds. The number of H-pyrrole nitrogens is 1. The first-order valence-corrected chi connectivity index (χ1v) is 8.25. The van der Waals surface area contributed by atoms with Crippen molar-refractivity contribution in [3.05, 3.63) is 14.3 Å². The van der Waals surface area contributed by atoms with Crippen LogP contribution in [-0.2, 0) is 0 Å². The molecule has 102 valence electrons. The maximum atomic E-state index is 4.62. The maximum absolute atomic E-state index is 4.62. The molecule has 1 aliphatic rings. The van der Waals surface area contributed by atoms with E-state index in [1.807, 2.05) is 0 Å². The summed E-state index contributed by atoms with van der Waals surface area (Å²) in [4.78, 5) is 6.86. The molecule has 0 aliphatic carbocycles. The van der Waals surface area contributed by atoms with Crippen LogP contribution in [0, 0.1) is 2.88 Å². The Labute approximate surface area is 130 Å². The number of nitrogens with one attached hydrogen (secondary N) is 2. The van der Waals surface area contributed by atoms with Crippen molar-refractivity contribution in [1.82, 2.24) is 20.5 Å². The number of halogens is 1. The molecular formula is C12H16IN5S. The van der Waals surface area contributed by atoms with Gasteiger partial charge in [0.25, 0.3) is 0 Å². The lowest BCUT2D eigenvalue weighted by Gasteiger charge is -2.35. The smallest absolute Gasteiger partial charge is 0.245 e. The molecular weight excluding hydrogens is 373 g/mol. The summed E-state index contributed by atoms with van der Waals surface area (Å²) >= 11 is 4.04. The van der Waals surface area contributed by atoms with Gasteiger partial charge in [-0.1, -0.05) is 0 Å². The normalized spacial score (nSPS) is 23.8. The third-order valence-corrected chi connectivity index (χ3v) is 4.94. The van der Waals surface area contributed by atoms with Gasteiger partial charge in [0.2, 0.25) is 5.95 Å². The number of hydrogen-bond donors (Lipinski definition) is 2. The van der Waals surface area contributed by atoms with Gasteiger partial charge in [0.05, 0.1) is 2.88 Å². The Bertz CT molecular complexity index is 556. The van der Waals surface area contributed by atoms with Crippen molar-refractivity contribution in [2.75, 3.05) is 18.0 Å². The monoisotopic (exact) mass is 389 g/mol. The zero-order valence-corrected chi connectivity index (χ0v) is 13.8. The van der Waals surface area contributed by atoms with E-state index in [4.69, 9.17) is 0 Å². The predicted octanol–water partition coefficient (Wildman–Crippen LogP) is 2.32. The van der Waals surface area contributed by atoms with Gasteiger partial charge in [0.1, 0.15) is 0 Å². The maximum Gasteiger partial charge on any atom is 0.245 e. The number of anilines is 1. The molecule has 2 aromatic heterocycles. The van der Waals surface area contributed by atoms with Crippen molar-refractivity contribution >= 4 is 39.9 Å². The Balaban J connectivity index is 1.81. The summed E-state index contributed by atoms with van der Waals surface area (Å²) in [5.74, 6) is 1.66. The molecule has 7 heteroatoms. The standard InChI is InChI=1S/C12H16IN5S/c1-7-4-18(5-8(2)14-7)12-15-11(16-17-12)9-3-10(13)19-6-9/h3,6-8,14H,4-5H2,1-2H3,(H,15,16,17).